The molecule has 228 valence electrons. The van der Waals surface area contributed by atoms with Gasteiger partial charge < -0.3 is 25.0 Å². The van der Waals surface area contributed by atoms with Gasteiger partial charge in [-0.1, -0.05) is 29.8 Å². The fourth-order valence-electron chi connectivity index (χ4n) is 4.40. The van der Waals surface area contributed by atoms with Crippen molar-refractivity contribution in [3.63, 3.8) is 0 Å². The molecule has 0 saturated carbocycles. The van der Waals surface area contributed by atoms with Gasteiger partial charge >= 0.3 is 12.1 Å². The number of nitrogens with zero attached hydrogens (tertiary/aromatic N) is 1. The highest BCUT2D eigenvalue weighted by Gasteiger charge is 2.33. The third-order valence-corrected chi connectivity index (χ3v) is 8.89. The van der Waals surface area contributed by atoms with E-state index in [4.69, 9.17) is 21.1 Å². The lowest BCUT2D eigenvalue weighted by atomic mass is 10.0. The number of ether oxygens (including phenoxy) is 2. The first-order valence-corrected chi connectivity index (χ1v) is 15.7. The van der Waals surface area contributed by atoms with E-state index in [2.05, 4.69) is 10.6 Å². The molecule has 0 bridgehead atoms. The van der Waals surface area contributed by atoms with Gasteiger partial charge in [-0.05, 0) is 75.6 Å². The Hall–Kier alpha value is -3.54. The molecule has 3 amide bonds. The van der Waals surface area contributed by atoms with Crippen molar-refractivity contribution in [2.75, 3.05) is 24.3 Å². The van der Waals surface area contributed by atoms with Crippen molar-refractivity contribution >= 4 is 69.3 Å². The van der Waals surface area contributed by atoms with Crippen LogP contribution in [-0.4, -0.2) is 53.3 Å². The lowest BCUT2D eigenvalue weighted by molar-refractivity contribution is -0.116. The van der Waals surface area contributed by atoms with Crippen LogP contribution in [0.25, 0.3) is 0 Å². The van der Waals surface area contributed by atoms with Crippen LogP contribution < -0.4 is 10.6 Å². The summed E-state index contributed by atoms with van der Waals surface area (Å²) in [6.07, 6.45) is 0.216. The highest BCUT2D eigenvalue weighted by molar-refractivity contribution is 8.00. The summed E-state index contributed by atoms with van der Waals surface area (Å²) in [6.45, 7) is 7.85. The van der Waals surface area contributed by atoms with Crippen molar-refractivity contribution in [2.24, 2.45) is 0 Å². The SMILES string of the molecule is COC(=O)c1c(NC(=O)C(C)Sc2cccc(NC(=O)Cc3ccc(Cl)cc3)c2)sc2c1CCN(C(=O)OC(C)(C)C)C2. The van der Waals surface area contributed by atoms with Crippen LogP contribution in [0, 0.1) is 0 Å². The number of hydrogen-bond acceptors (Lipinski definition) is 8. The zero-order valence-electron chi connectivity index (χ0n) is 24.6. The molecule has 1 atom stereocenters. The Morgan fingerprint density at radius 1 is 1.09 bits per heavy atom. The van der Waals surface area contributed by atoms with Gasteiger partial charge in [-0.15, -0.1) is 23.1 Å². The van der Waals surface area contributed by atoms with E-state index < -0.39 is 22.9 Å². The number of thiophene rings is 1. The molecule has 0 saturated heterocycles. The molecule has 2 heterocycles. The Morgan fingerprint density at radius 3 is 2.49 bits per heavy atom. The molecule has 0 spiro atoms. The Bertz CT molecular complexity index is 1520. The fourth-order valence-corrected chi connectivity index (χ4v) is 6.71. The lowest BCUT2D eigenvalue weighted by Gasteiger charge is -2.30. The maximum atomic E-state index is 13.3. The number of halogens is 1. The topological polar surface area (TPSA) is 114 Å². The van der Waals surface area contributed by atoms with E-state index in [0.29, 0.717) is 34.2 Å². The van der Waals surface area contributed by atoms with Crippen LogP contribution in [0.4, 0.5) is 15.5 Å². The molecule has 9 nitrogen and oxygen atoms in total. The fraction of sp³-hybridized carbons (Fsp3) is 0.355. The van der Waals surface area contributed by atoms with E-state index in [0.717, 1.165) is 20.9 Å². The molecule has 1 unspecified atom stereocenters. The van der Waals surface area contributed by atoms with E-state index in [9.17, 15) is 19.2 Å². The molecule has 12 heteroatoms. The standard InChI is InChI=1S/C31H34ClN3O6S2/c1-18(42-22-8-6-7-21(16-22)33-25(36)15-19-9-11-20(32)12-10-19)27(37)34-28-26(29(38)40-5)23-13-14-35(17-24(23)43-28)30(39)41-31(2,3)4/h6-12,16,18H,13-15,17H2,1-5H3,(H,33,36)(H,34,37). The van der Waals surface area contributed by atoms with Gasteiger partial charge in [0.15, 0.2) is 0 Å². The van der Waals surface area contributed by atoms with E-state index in [-0.39, 0.29) is 24.8 Å². The van der Waals surface area contributed by atoms with Crippen LogP contribution in [0.5, 0.6) is 0 Å². The summed E-state index contributed by atoms with van der Waals surface area (Å²) in [4.78, 5) is 54.4. The number of thioether (sulfide) groups is 1. The number of nitrogens with one attached hydrogen (secondary N) is 2. The molecule has 3 aromatic rings. The molecule has 2 aromatic carbocycles. The van der Waals surface area contributed by atoms with E-state index >= 15 is 0 Å². The third-order valence-electron chi connectivity index (χ3n) is 6.41. The van der Waals surface area contributed by atoms with Crippen molar-refractivity contribution in [3.8, 4) is 0 Å². The predicted octanol–water partition coefficient (Wildman–Crippen LogP) is 6.78. The van der Waals surface area contributed by atoms with E-state index in [1.807, 2.05) is 39.0 Å². The van der Waals surface area contributed by atoms with Gasteiger partial charge in [0.1, 0.15) is 10.6 Å². The van der Waals surface area contributed by atoms with Crippen LogP contribution in [0.2, 0.25) is 5.02 Å². The highest BCUT2D eigenvalue weighted by Crippen LogP contribution is 2.38. The Balaban J connectivity index is 1.41. The Morgan fingerprint density at radius 2 is 1.81 bits per heavy atom. The molecule has 43 heavy (non-hydrogen) atoms. The summed E-state index contributed by atoms with van der Waals surface area (Å²) < 4.78 is 10.5. The van der Waals surface area contributed by atoms with Crippen LogP contribution in [0.1, 0.15) is 54.1 Å². The van der Waals surface area contributed by atoms with Gasteiger partial charge in [0.05, 0.1) is 30.9 Å². The third kappa shape index (κ3) is 8.75. The summed E-state index contributed by atoms with van der Waals surface area (Å²) in [6, 6.07) is 14.4. The summed E-state index contributed by atoms with van der Waals surface area (Å²) in [5.41, 5.74) is 1.93. The minimum absolute atomic E-state index is 0.169. The number of amides is 3. The molecule has 0 fully saturated rings. The van der Waals surface area contributed by atoms with Crippen LogP contribution in [0.3, 0.4) is 0 Å². The van der Waals surface area contributed by atoms with Gasteiger partial charge in [0.2, 0.25) is 11.8 Å². The number of benzene rings is 2. The summed E-state index contributed by atoms with van der Waals surface area (Å²) in [5.74, 6) is -1.01. The molecule has 0 radical (unpaired) electrons. The molecule has 4 rings (SSSR count). The number of carbonyl (C=O) groups excluding carboxylic acids is 4. The summed E-state index contributed by atoms with van der Waals surface area (Å²) >= 11 is 8.51. The maximum Gasteiger partial charge on any atom is 0.410 e. The van der Waals surface area contributed by atoms with Gasteiger partial charge in [-0.3, -0.25) is 9.59 Å². The van der Waals surface area contributed by atoms with Gasteiger partial charge in [0, 0.05) is 27.0 Å². The molecule has 0 aliphatic carbocycles. The highest BCUT2D eigenvalue weighted by atomic mass is 35.5. The molecular weight excluding hydrogens is 610 g/mol. The quantitative estimate of drug-likeness (QED) is 0.205. The summed E-state index contributed by atoms with van der Waals surface area (Å²) in [7, 11) is 1.30. The monoisotopic (exact) mass is 643 g/mol. The number of anilines is 2. The van der Waals surface area contributed by atoms with Crippen molar-refractivity contribution in [1.29, 1.82) is 0 Å². The normalized spacial score (nSPS) is 13.5. The van der Waals surface area contributed by atoms with Crippen LogP contribution in [0.15, 0.2) is 53.4 Å². The molecular formula is C31H34ClN3O6S2. The van der Waals surface area contributed by atoms with Gasteiger partial charge in [0.25, 0.3) is 0 Å². The predicted molar refractivity (Wildman–Crippen MR) is 170 cm³/mol. The molecule has 1 aliphatic heterocycles. The molecule has 2 N–H and O–H groups in total. The number of methoxy groups -OCH3 is 1. The number of rotatable bonds is 8. The second kappa shape index (κ2) is 13.8. The average Bonchev–Trinajstić information content (AvgIpc) is 3.30. The second-order valence-electron chi connectivity index (χ2n) is 11.0. The van der Waals surface area contributed by atoms with Crippen LogP contribution in [-0.2, 0) is 38.4 Å². The Kier molecular flexibility index (Phi) is 10.4. The van der Waals surface area contributed by atoms with E-state index in [1.54, 1.807) is 42.2 Å². The molecule has 1 aliphatic rings. The largest absolute Gasteiger partial charge is 0.465 e. The zero-order valence-corrected chi connectivity index (χ0v) is 27.0. The number of carbonyl (C=O) groups is 4. The van der Waals surface area contributed by atoms with E-state index in [1.165, 1.54) is 30.2 Å². The first-order chi connectivity index (χ1) is 20.3. The average molecular weight is 644 g/mol. The first-order valence-electron chi connectivity index (χ1n) is 13.7. The molecule has 1 aromatic heterocycles. The zero-order chi connectivity index (χ0) is 31.3. The van der Waals surface area contributed by atoms with Crippen molar-refractivity contribution in [2.45, 2.75) is 62.8 Å². The second-order valence-corrected chi connectivity index (χ2v) is 13.9. The van der Waals surface area contributed by atoms with Crippen LogP contribution >= 0.6 is 34.7 Å². The summed E-state index contributed by atoms with van der Waals surface area (Å²) in [5, 5.41) is 6.28. The first kappa shape index (κ1) is 32.4. The number of hydrogen-bond donors (Lipinski definition) is 2. The minimum atomic E-state index is -0.626. The maximum absolute atomic E-state index is 13.3. The van der Waals surface area contributed by atoms with Crippen molar-refractivity contribution < 1.29 is 28.7 Å². The number of fused-ring (bicyclic) bond motifs is 1. The Labute approximate surface area is 264 Å². The number of esters is 1. The lowest BCUT2D eigenvalue weighted by Crippen LogP contribution is -2.39. The van der Waals surface area contributed by atoms with Gasteiger partial charge in [-0.2, -0.15) is 0 Å². The van der Waals surface area contributed by atoms with Crippen molar-refractivity contribution in [3.05, 3.63) is 75.1 Å². The smallest absolute Gasteiger partial charge is 0.410 e. The minimum Gasteiger partial charge on any atom is -0.465 e. The van der Waals surface area contributed by atoms with Crippen molar-refractivity contribution in [1.82, 2.24) is 4.90 Å². The van der Waals surface area contributed by atoms with Gasteiger partial charge in [-0.25, -0.2) is 9.59 Å².